The molecule has 70 valence electrons. The summed E-state index contributed by atoms with van der Waals surface area (Å²) in [5.74, 6) is 0. The van der Waals surface area contributed by atoms with E-state index in [2.05, 4.69) is 10.2 Å². The molecular weight excluding hydrogens is 212 g/mol. The Morgan fingerprint density at radius 1 is 0.857 bits per heavy atom. The highest BCUT2D eigenvalue weighted by Gasteiger charge is 1.86. The van der Waals surface area contributed by atoms with Gasteiger partial charge in [0.2, 0.25) is 0 Å². The third kappa shape index (κ3) is 2.61. The Kier molecular flexibility index (Phi) is 3.21. The Hall–Kier alpha value is -1.26. The first-order valence-corrected chi connectivity index (χ1v) is 5.84. The Labute approximate surface area is 90.3 Å². The van der Waals surface area contributed by atoms with E-state index in [1.165, 1.54) is 0 Å². The van der Waals surface area contributed by atoms with Crippen LogP contribution in [0.15, 0.2) is 45.2 Å². The lowest BCUT2D eigenvalue weighted by molar-refractivity contribution is 1.27. The molecule has 2 nitrogen and oxygen atoms in total. The summed E-state index contributed by atoms with van der Waals surface area (Å²) in [5, 5.41) is 11.9. The van der Waals surface area contributed by atoms with Crippen molar-refractivity contribution in [1.82, 2.24) is 0 Å². The fourth-order valence-corrected chi connectivity index (χ4v) is 2.07. The van der Waals surface area contributed by atoms with Gasteiger partial charge in [-0.2, -0.15) is 10.2 Å². The summed E-state index contributed by atoms with van der Waals surface area (Å²) in [7, 11) is 0. The fraction of sp³-hybridized carbons (Fsp3) is 0. The second-order valence-electron chi connectivity index (χ2n) is 2.52. The molecule has 0 bridgehead atoms. The van der Waals surface area contributed by atoms with Crippen LogP contribution in [0.3, 0.4) is 0 Å². The van der Waals surface area contributed by atoms with Crippen molar-refractivity contribution < 1.29 is 0 Å². The molecule has 14 heavy (non-hydrogen) atoms. The van der Waals surface area contributed by atoms with Crippen LogP contribution in [0.2, 0.25) is 0 Å². The summed E-state index contributed by atoms with van der Waals surface area (Å²) in [6.07, 6.45) is 3.52. The zero-order valence-corrected chi connectivity index (χ0v) is 8.96. The summed E-state index contributed by atoms with van der Waals surface area (Å²) in [4.78, 5) is 2.24. The van der Waals surface area contributed by atoms with Crippen molar-refractivity contribution in [3.05, 3.63) is 44.8 Å². The summed E-state index contributed by atoms with van der Waals surface area (Å²) >= 11 is 3.30. The molecule has 0 aliphatic carbocycles. The molecule has 2 heterocycles. The highest BCUT2D eigenvalue weighted by atomic mass is 32.1. The minimum absolute atomic E-state index is 1.12. The van der Waals surface area contributed by atoms with Gasteiger partial charge in [0.15, 0.2) is 0 Å². The van der Waals surface area contributed by atoms with E-state index in [1.807, 2.05) is 35.0 Å². The molecule has 0 fully saturated rings. The Bertz CT molecular complexity index is 371. The van der Waals surface area contributed by atoms with Gasteiger partial charge in [0.1, 0.15) is 0 Å². The van der Waals surface area contributed by atoms with E-state index in [0.717, 1.165) is 9.75 Å². The zero-order chi connectivity index (χ0) is 9.64. The molecule has 0 amide bonds. The monoisotopic (exact) mass is 220 g/mol. The topological polar surface area (TPSA) is 24.7 Å². The maximum atomic E-state index is 3.95. The highest BCUT2D eigenvalue weighted by Crippen LogP contribution is 2.06. The quantitative estimate of drug-likeness (QED) is 0.560. The maximum Gasteiger partial charge on any atom is 0.0667 e. The standard InChI is InChI=1S/C10H8N2S2/c1-3-9(13-5-1)7-11-12-8-10-4-2-6-14-10/h1-8H/b11-7+,12-8+. The lowest BCUT2D eigenvalue weighted by Gasteiger charge is -1.80. The molecule has 0 N–H and O–H groups in total. The van der Waals surface area contributed by atoms with Crippen molar-refractivity contribution in [1.29, 1.82) is 0 Å². The summed E-state index contributed by atoms with van der Waals surface area (Å²) in [6.45, 7) is 0. The number of hydrogen-bond donors (Lipinski definition) is 0. The van der Waals surface area contributed by atoms with E-state index < -0.39 is 0 Å². The third-order valence-electron chi connectivity index (χ3n) is 1.52. The molecule has 0 saturated heterocycles. The minimum Gasteiger partial charge on any atom is -0.158 e. The molecule has 0 saturated carbocycles. The smallest absolute Gasteiger partial charge is 0.0667 e. The van der Waals surface area contributed by atoms with Crippen molar-refractivity contribution in [3.8, 4) is 0 Å². The molecule has 0 aliphatic heterocycles. The summed E-state index contributed by atoms with van der Waals surface area (Å²) in [5.41, 5.74) is 0. The van der Waals surface area contributed by atoms with Gasteiger partial charge in [0.05, 0.1) is 12.4 Å². The van der Waals surface area contributed by atoms with Gasteiger partial charge in [0, 0.05) is 9.75 Å². The van der Waals surface area contributed by atoms with Gasteiger partial charge < -0.3 is 0 Å². The third-order valence-corrected chi connectivity index (χ3v) is 3.14. The lowest BCUT2D eigenvalue weighted by atomic mass is 10.5. The van der Waals surface area contributed by atoms with Crippen LogP contribution < -0.4 is 0 Å². The molecule has 2 aromatic rings. The number of hydrogen-bond acceptors (Lipinski definition) is 4. The molecule has 0 unspecified atom stereocenters. The molecule has 2 aromatic heterocycles. The molecular formula is C10H8N2S2. The number of nitrogens with zero attached hydrogens (tertiary/aromatic N) is 2. The van der Waals surface area contributed by atoms with Gasteiger partial charge in [-0.3, -0.25) is 0 Å². The zero-order valence-electron chi connectivity index (χ0n) is 7.33. The second-order valence-corrected chi connectivity index (χ2v) is 4.48. The van der Waals surface area contributed by atoms with Crippen LogP contribution in [0, 0.1) is 0 Å². The highest BCUT2D eigenvalue weighted by molar-refractivity contribution is 7.12. The normalized spacial score (nSPS) is 11.7. The van der Waals surface area contributed by atoms with Crippen molar-refractivity contribution in [2.45, 2.75) is 0 Å². The Balaban J connectivity index is 1.94. The summed E-state index contributed by atoms with van der Waals surface area (Å²) < 4.78 is 0. The molecule has 2 rings (SSSR count). The summed E-state index contributed by atoms with van der Waals surface area (Å²) in [6, 6.07) is 8.01. The first-order valence-electron chi connectivity index (χ1n) is 4.08. The van der Waals surface area contributed by atoms with Crippen molar-refractivity contribution in [2.24, 2.45) is 10.2 Å². The van der Waals surface area contributed by atoms with E-state index in [1.54, 1.807) is 35.1 Å². The number of thiophene rings is 2. The first kappa shape index (κ1) is 9.30. The molecule has 0 aromatic carbocycles. The molecule has 0 spiro atoms. The van der Waals surface area contributed by atoms with E-state index >= 15 is 0 Å². The average Bonchev–Trinajstić information content (AvgIpc) is 2.86. The van der Waals surface area contributed by atoms with E-state index in [9.17, 15) is 0 Å². The SMILES string of the molecule is C(=N\N=C\c1cccs1)/c1cccs1. The lowest BCUT2D eigenvalue weighted by Crippen LogP contribution is -1.72. The molecule has 4 heteroatoms. The van der Waals surface area contributed by atoms with Crippen LogP contribution in [-0.2, 0) is 0 Å². The first-order chi connectivity index (χ1) is 6.95. The van der Waals surface area contributed by atoms with Gasteiger partial charge in [-0.1, -0.05) is 12.1 Å². The van der Waals surface area contributed by atoms with Gasteiger partial charge >= 0.3 is 0 Å². The van der Waals surface area contributed by atoms with Gasteiger partial charge in [-0.05, 0) is 22.9 Å². The van der Waals surface area contributed by atoms with Gasteiger partial charge in [-0.15, -0.1) is 22.7 Å². The van der Waals surface area contributed by atoms with Gasteiger partial charge in [0.25, 0.3) is 0 Å². The second kappa shape index (κ2) is 4.83. The van der Waals surface area contributed by atoms with Crippen LogP contribution in [-0.4, -0.2) is 12.4 Å². The van der Waals surface area contributed by atoms with Crippen molar-refractivity contribution in [3.63, 3.8) is 0 Å². The maximum absolute atomic E-state index is 3.95. The van der Waals surface area contributed by atoms with E-state index in [-0.39, 0.29) is 0 Å². The average molecular weight is 220 g/mol. The molecule has 0 aliphatic rings. The Morgan fingerprint density at radius 2 is 1.36 bits per heavy atom. The Morgan fingerprint density at radius 3 is 1.71 bits per heavy atom. The van der Waals surface area contributed by atoms with Crippen LogP contribution in [0.1, 0.15) is 9.75 Å². The van der Waals surface area contributed by atoms with Crippen LogP contribution in [0.4, 0.5) is 0 Å². The largest absolute Gasteiger partial charge is 0.158 e. The van der Waals surface area contributed by atoms with Crippen LogP contribution in [0.5, 0.6) is 0 Å². The van der Waals surface area contributed by atoms with Crippen molar-refractivity contribution >= 4 is 35.1 Å². The van der Waals surface area contributed by atoms with E-state index in [0.29, 0.717) is 0 Å². The molecule has 0 atom stereocenters. The number of rotatable bonds is 3. The van der Waals surface area contributed by atoms with Crippen LogP contribution >= 0.6 is 22.7 Å². The predicted molar refractivity (Wildman–Crippen MR) is 63.8 cm³/mol. The van der Waals surface area contributed by atoms with Crippen LogP contribution in [0.25, 0.3) is 0 Å². The van der Waals surface area contributed by atoms with Gasteiger partial charge in [-0.25, -0.2) is 0 Å². The minimum atomic E-state index is 1.12. The fourth-order valence-electron chi connectivity index (χ4n) is 0.910. The van der Waals surface area contributed by atoms with Crippen molar-refractivity contribution in [2.75, 3.05) is 0 Å². The predicted octanol–water partition coefficient (Wildman–Crippen LogP) is 3.26. The molecule has 0 radical (unpaired) electrons. The van der Waals surface area contributed by atoms with E-state index in [4.69, 9.17) is 0 Å².